The Kier molecular flexibility index (Phi) is 6.57. The largest absolute Gasteiger partial charge is 0.478 e. The number of hydrogen-bond acceptors (Lipinski definition) is 4. The van der Waals surface area contributed by atoms with E-state index in [4.69, 9.17) is 32.4 Å². The number of hydrogen-bond donors (Lipinski definition) is 0. The maximum absolute atomic E-state index is 13.4. The molecule has 4 nitrogen and oxygen atoms in total. The molecule has 0 aliphatic carbocycles. The molecule has 0 N–H and O–H groups in total. The SMILES string of the molecule is Cc1ccc2c(=O)c(OCC(=O)c3ccc(Cl)cc3Cl)c(-c3ccc(C(C)(C)C)cc3)oc2c1. The summed E-state index contributed by atoms with van der Waals surface area (Å²) in [6, 6.07) is 17.7. The Hall–Kier alpha value is -3.08. The number of halogens is 2. The second kappa shape index (κ2) is 9.28. The number of rotatable bonds is 5. The predicted octanol–water partition coefficient (Wildman–Crippen LogP) is 7.63. The van der Waals surface area contributed by atoms with Crippen molar-refractivity contribution in [3.63, 3.8) is 0 Å². The van der Waals surface area contributed by atoms with Gasteiger partial charge in [0, 0.05) is 16.1 Å². The predicted molar refractivity (Wildman–Crippen MR) is 138 cm³/mol. The topological polar surface area (TPSA) is 56.5 Å². The highest BCUT2D eigenvalue weighted by Gasteiger charge is 2.21. The fraction of sp³-hybridized carbons (Fsp3) is 0.214. The first-order valence-corrected chi connectivity index (χ1v) is 11.6. The van der Waals surface area contributed by atoms with Crippen LogP contribution < -0.4 is 10.2 Å². The summed E-state index contributed by atoms with van der Waals surface area (Å²) in [5, 5.41) is 1.03. The first kappa shape index (κ1) is 24.1. The average Bonchev–Trinajstić information content (AvgIpc) is 2.77. The summed E-state index contributed by atoms with van der Waals surface area (Å²) in [7, 11) is 0. The summed E-state index contributed by atoms with van der Waals surface area (Å²) in [6.45, 7) is 7.93. The van der Waals surface area contributed by atoms with E-state index in [0.29, 0.717) is 21.6 Å². The molecule has 3 aromatic carbocycles. The highest BCUT2D eigenvalue weighted by Crippen LogP contribution is 2.33. The number of fused-ring (bicyclic) bond motifs is 1. The fourth-order valence-electron chi connectivity index (χ4n) is 3.66. The third-order valence-corrected chi connectivity index (χ3v) is 6.15. The standard InChI is InChI=1S/C28H24Cl2O4/c1-16-5-11-21-24(13-16)34-26(17-6-8-18(9-7-17)28(2,3)4)27(25(21)32)33-15-23(31)20-12-10-19(29)14-22(20)30/h5-14H,15H2,1-4H3. The summed E-state index contributed by atoms with van der Waals surface area (Å²) in [5.41, 5.74) is 3.15. The van der Waals surface area contributed by atoms with E-state index in [0.717, 1.165) is 11.1 Å². The Morgan fingerprint density at radius 1 is 0.971 bits per heavy atom. The van der Waals surface area contributed by atoms with Gasteiger partial charge in [-0.25, -0.2) is 0 Å². The highest BCUT2D eigenvalue weighted by molar-refractivity contribution is 6.36. The van der Waals surface area contributed by atoms with Crippen LogP contribution in [0.15, 0.2) is 69.9 Å². The minimum absolute atomic E-state index is 0.0155. The van der Waals surface area contributed by atoms with Crippen molar-refractivity contribution in [3.8, 4) is 17.1 Å². The highest BCUT2D eigenvalue weighted by atomic mass is 35.5. The fourth-order valence-corrected chi connectivity index (χ4v) is 4.17. The maximum atomic E-state index is 13.4. The molecule has 0 saturated heterocycles. The Morgan fingerprint density at radius 2 is 1.68 bits per heavy atom. The molecule has 174 valence electrons. The molecule has 6 heteroatoms. The van der Waals surface area contributed by atoms with Gasteiger partial charge in [0.25, 0.3) is 0 Å². The number of Topliss-reactive ketones (excluding diaryl/α,β-unsaturated/α-hetero) is 1. The van der Waals surface area contributed by atoms with Gasteiger partial charge in [0.05, 0.1) is 10.4 Å². The smallest absolute Gasteiger partial charge is 0.235 e. The second-order valence-corrected chi connectivity index (χ2v) is 10.1. The molecular weight excluding hydrogens is 471 g/mol. The van der Waals surface area contributed by atoms with Gasteiger partial charge >= 0.3 is 0 Å². The quantitative estimate of drug-likeness (QED) is 0.267. The van der Waals surface area contributed by atoms with E-state index in [-0.39, 0.29) is 45.3 Å². The van der Waals surface area contributed by atoms with Crippen LogP contribution >= 0.6 is 23.2 Å². The van der Waals surface area contributed by atoms with Gasteiger partial charge in [-0.2, -0.15) is 0 Å². The van der Waals surface area contributed by atoms with Crippen LogP contribution in [-0.4, -0.2) is 12.4 Å². The lowest BCUT2D eigenvalue weighted by molar-refractivity contribution is 0.0920. The third-order valence-electron chi connectivity index (χ3n) is 5.60. The van der Waals surface area contributed by atoms with E-state index in [1.807, 2.05) is 43.3 Å². The number of benzene rings is 3. The van der Waals surface area contributed by atoms with Gasteiger partial charge in [-0.05, 0) is 53.8 Å². The zero-order chi connectivity index (χ0) is 24.6. The van der Waals surface area contributed by atoms with Crippen LogP contribution in [0.3, 0.4) is 0 Å². The lowest BCUT2D eigenvalue weighted by atomic mass is 9.86. The molecule has 0 aliphatic heterocycles. The molecule has 0 fully saturated rings. The number of carbonyl (C=O) groups is 1. The molecule has 0 aliphatic rings. The molecule has 1 heterocycles. The first-order valence-electron chi connectivity index (χ1n) is 10.8. The lowest BCUT2D eigenvalue weighted by Gasteiger charge is -2.19. The summed E-state index contributed by atoms with van der Waals surface area (Å²) in [5.74, 6) is -0.115. The van der Waals surface area contributed by atoms with Gasteiger partial charge in [-0.15, -0.1) is 0 Å². The van der Waals surface area contributed by atoms with Crippen molar-refractivity contribution < 1.29 is 13.9 Å². The van der Waals surface area contributed by atoms with Gasteiger partial charge in [-0.1, -0.05) is 74.3 Å². The minimum Gasteiger partial charge on any atom is -0.478 e. The molecule has 0 spiro atoms. The number of carbonyl (C=O) groups excluding carboxylic acids is 1. The second-order valence-electron chi connectivity index (χ2n) is 9.25. The third kappa shape index (κ3) is 4.89. The van der Waals surface area contributed by atoms with E-state index < -0.39 is 0 Å². The van der Waals surface area contributed by atoms with E-state index >= 15 is 0 Å². The van der Waals surface area contributed by atoms with Crippen molar-refractivity contribution >= 4 is 40.0 Å². The molecule has 0 saturated carbocycles. The van der Waals surface area contributed by atoms with Crippen LogP contribution in [0, 0.1) is 6.92 Å². The van der Waals surface area contributed by atoms with Crippen LogP contribution in [0.1, 0.15) is 42.3 Å². The Bertz CT molecular complexity index is 1440. The number of ketones is 1. The number of ether oxygens (including phenoxy) is 1. The summed E-state index contributed by atoms with van der Waals surface area (Å²) in [6.07, 6.45) is 0. The van der Waals surface area contributed by atoms with Crippen molar-refractivity contribution in [3.05, 3.63) is 97.6 Å². The van der Waals surface area contributed by atoms with E-state index in [1.165, 1.54) is 12.1 Å². The zero-order valence-corrected chi connectivity index (χ0v) is 20.9. The first-order chi connectivity index (χ1) is 16.0. The average molecular weight is 495 g/mol. The maximum Gasteiger partial charge on any atom is 0.235 e. The number of aryl methyl sites for hydroxylation is 1. The van der Waals surface area contributed by atoms with Crippen LogP contribution in [0.5, 0.6) is 5.75 Å². The van der Waals surface area contributed by atoms with Crippen molar-refractivity contribution in [1.82, 2.24) is 0 Å². The molecular formula is C28H24Cl2O4. The molecule has 4 rings (SSSR count). The van der Waals surface area contributed by atoms with Crippen LogP contribution in [0.2, 0.25) is 10.0 Å². The monoisotopic (exact) mass is 494 g/mol. The van der Waals surface area contributed by atoms with E-state index in [9.17, 15) is 9.59 Å². The molecule has 34 heavy (non-hydrogen) atoms. The van der Waals surface area contributed by atoms with E-state index in [1.54, 1.807) is 12.1 Å². The molecule has 0 unspecified atom stereocenters. The van der Waals surface area contributed by atoms with Gasteiger partial charge in [0.1, 0.15) is 5.58 Å². The molecule has 0 atom stereocenters. The van der Waals surface area contributed by atoms with Gasteiger partial charge in [0.15, 0.2) is 12.4 Å². The van der Waals surface area contributed by atoms with Crippen LogP contribution in [0.25, 0.3) is 22.3 Å². The molecule has 4 aromatic rings. The van der Waals surface area contributed by atoms with Crippen molar-refractivity contribution in [2.24, 2.45) is 0 Å². The molecule has 0 bridgehead atoms. The van der Waals surface area contributed by atoms with Gasteiger partial charge in [-0.3, -0.25) is 9.59 Å². The normalized spacial score (nSPS) is 11.6. The zero-order valence-electron chi connectivity index (χ0n) is 19.4. The van der Waals surface area contributed by atoms with Gasteiger partial charge < -0.3 is 9.15 Å². The van der Waals surface area contributed by atoms with Crippen molar-refractivity contribution in [2.75, 3.05) is 6.61 Å². The van der Waals surface area contributed by atoms with Crippen molar-refractivity contribution in [1.29, 1.82) is 0 Å². The molecule has 0 amide bonds. The lowest BCUT2D eigenvalue weighted by Crippen LogP contribution is -2.17. The Labute approximate surface area is 208 Å². The molecule has 0 radical (unpaired) electrons. The summed E-state index contributed by atoms with van der Waals surface area (Å²) >= 11 is 12.1. The Balaban J connectivity index is 1.78. The van der Waals surface area contributed by atoms with Crippen molar-refractivity contribution in [2.45, 2.75) is 33.1 Å². The van der Waals surface area contributed by atoms with Crippen LogP contribution in [-0.2, 0) is 5.41 Å². The van der Waals surface area contributed by atoms with Crippen LogP contribution in [0.4, 0.5) is 0 Å². The summed E-state index contributed by atoms with van der Waals surface area (Å²) < 4.78 is 12.0. The van der Waals surface area contributed by atoms with E-state index in [2.05, 4.69) is 20.8 Å². The minimum atomic E-state index is -0.378. The van der Waals surface area contributed by atoms with Gasteiger partial charge in [0.2, 0.25) is 17.0 Å². The Morgan fingerprint density at radius 3 is 2.32 bits per heavy atom. The molecule has 1 aromatic heterocycles. The summed E-state index contributed by atoms with van der Waals surface area (Å²) in [4.78, 5) is 26.2.